The summed E-state index contributed by atoms with van der Waals surface area (Å²) >= 11 is 0. The van der Waals surface area contributed by atoms with Gasteiger partial charge in [0.2, 0.25) is 5.91 Å². The average molecular weight is 327 g/mol. The molecule has 2 atom stereocenters. The minimum Gasteiger partial charge on any atom is -0.370 e. The Morgan fingerprint density at radius 1 is 1.21 bits per heavy atom. The lowest BCUT2D eigenvalue weighted by molar-refractivity contribution is -0.120. The number of piperidine rings is 1. The second-order valence-corrected chi connectivity index (χ2v) is 6.18. The van der Waals surface area contributed by atoms with Gasteiger partial charge in [0.1, 0.15) is 11.9 Å². The number of halogens is 1. The molecular weight excluding hydrogens is 305 g/mol. The fraction of sp³-hybridized carbons (Fsp3) is 0.316. The number of nitrogens with one attached hydrogen (secondary N) is 1. The third kappa shape index (κ3) is 3.92. The first-order chi connectivity index (χ1) is 11.6. The number of carbonyl (C=O) groups is 1. The smallest absolute Gasteiger partial charge is 0.239 e. The van der Waals surface area contributed by atoms with Crippen molar-refractivity contribution < 1.29 is 9.18 Å². The van der Waals surface area contributed by atoms with Crippen LogP contribution in [0, 0.1) is 5.82 Å². The summed E-state index contributed by atoms with van der Waals surface area (Å²) in [6.45, 7) is 1.61. The zero-order chi connectivity index (χ0) is 16.9. The van der Waals surface area contributed by atoms with E-state index in [0.717, 1.165) is 37.2 Å². The Hall–Kier alpha value is -2.40. The fourth-order valence-corrected chi connectivity index (χ4v) is 3.24. The standard InChI is InChI=1S/C19H22FN3O/c20-15-8-4-10-17(12-15)23-11-5-9-16(13-23)22-18(19(21)24)14-6-2-1-3-7-14/h1-4,6-8,10,12,16,18,22H,5,9,11,13H2,(H2,21,24)/t16-,18-/m0/s1. The quantitative estimate of drug-likeness (QED) is 0.887. The molecule has 126 valence electrons. The van der Waals surface area contributed by atoms with E-state index in [0.29, 0.717) is 0 Å². The van der Waals surface area contributed by atoms with Crippen LogP contribution in [-0.4, -0.2) is 25.0 Å². The van der Waals surface area contributed by atoms with E-state index in [-0.39, 0.29) is 17.8 Å². The van der Waals surface area contributed by atoms with Crippen LogP contribution in [0.5, 0.6) is 0 Å². The molecule has 24 heavy (non-hydrogen) atoms. The molecule has 1 fully saturated rings. The van der Waals surface area contributed by atoms with E-state index in [2.05, 4.69) is 10.2 Å². The van der Waals surface area contributed by atoms with Gasteiger partial charge in [-0.05, 0) is 36.6 Å². The minimum absolute atomic E-state index is 0.125. The summed E-state index contributed by atoms with van der Waals surface area (Å²) in [6, 6.07) is 15.7. The number of anilines is 1. The minimum atomic E-state index is -0.511. The van der Waals surface area contributed by atoms with Gasteiger partial charge in [-0.15, -0.1) is 0 Å². The van der Waals surface area contributed by atoms with Crippen molar-refractivity contribution >= 4 is 11.6 Å². The molecule has 3 rings (SSSR count). The Kier molecular flexibility index (Phi) is 5.11. The number of nitrogens with zero attached hydrogens (tertiary/aromatic N) is 1. The van der Waals surface area contributed by atoms with Gasteiger partial charge < -0.3 is 10.6 Å². The van der Waals surface area contributed by atoms with Crippen molar-refractivity contribution in [3.8, 4) is 0 Å². The van der Waals surface area contributed by atoms with Crippen LogP contribution in [0.3, 0.4) is 0 Å². The summed E-state index contributed by atoms with van der Waals surface area (Å²) in [5.41, 5.74) is 7.33. The van der Waals surface area contributed by atoms with Crippen molar-refractivity contribution in [3.63, 3.8) is 0 Å². The molecule has 3 N–H and O–H groups in total. The number of benzene rings is 2. The lowest BCUT2D eigenvalue weighted by atomic mass is 10.0. The molecular formula is C19H22FN3O. The number of hydrogen-bond donors (Lipinski definition) is 2. The normalized spacial score (nSPS) is 19.0. The fourth-order valence-electron chi connectivity index (χ4n) is 3.24. The van der Waals surface area contributed by atoms with Crippen molar-refractivity contribution in [2.45, 2.75) is 24.9 Å². The first kappa shape index (κ1) is 16.5. The largest absolute Gasteiger partial charge is 0.370 e. The van der Waals surface area contributed by atoms with Crippen LogP contribution < -0.4 is 16.0 Å². The van der Waals surface area contributed by atoms with E-state index in [9.17, 15) is 9.18 Å². The Morgan fingerprint density at radius 3 is 2.71 bits per heavy atom. The Balaban J connectivity index is 1.71. The van der Waals surface area contributed by atoms with Crippen LogP contribution in [0.15, 0.2) is 54.6 Å². The van der Waals surface area contributed by atoms with E-state index >= 15 is 0 Å². The Morgan fingerprint density at radius 2 is 2.00 bits per heavy atom. The third-order valence-corrected chi connectivity index (χ3v) is 4.41. The van der Waals surface area contributed by atoms with Crippen molar-refractivity contribution in [1.82, 2.24) is 5.32 Å². The number of carbonyl (C=O) groups excluding carboxylic acids is 1. The van der Waals surface area contributed by atoms with Crippen LogP contribution in [0.4, 0.5) is 10.1 Å². The SMILES string of the molecule is NC(=O)[C@@H](N[C@H]1CCCN(c2cccc(F)c2)C1)c1ccccc1. The summed E-state index contributed by atoms with van der Waals surface area (Å²) < 4.78 is 13.5. The molecule has 0 unspecified atom stereocenters. The maximum atomic E-state index is 13.5. The second kappa shape index (κ2) is 7.45. The zero-order valence-corrected chi connectivity index (χ0v) is 13.5. The van der Waals surface area contributed by atoms with Crippen LogP contribution in [-0.2, 0) is 4.79 Å². The van der Waals surface area contributed by atoms with Crippen LogP contribution in [0.2, 0.25) is 0 Å². The summed E-state index contributed by atoms with van der Waals surface area (Å²) in [5, 5.41) is 3.38. The van der Waals surface area contributed by atoms with Gasteiger partial charge in [-0.25, -0.2) is 4.39 Å². The van der Waals surface area contributed by atoms with E-state index in [1.807, 2.05) is 36.4 Å². The monoisotopic (exact) mass is 327 g/mol. The highest BCUT2D eigenvalue weighted by molar-refractivity contribution is 5.81. The van der Waals surface area contributed by atoms with Gasteiger partial charge in [0.25, 0.3) is 0 Å². The summed E-state index contributed by atoms with van der Waals surface area (Å²) in [4.78, 5) is 14.0. The number of rotatable bonds is 5. The highest BCUT2D eigenvalue weighted by Crippen LogP contribution is 2.22. The second-order valence-electron chi connectivity index (χ2n) is 6.18. The molecule has 0 spiro atoms. The average Bonchev–Trinajstić information content (AvgIpc) is 2.60. The Labute approximate surface area is 141 Å². The van der Waals surface area contributed by atoms with E-state index in [1.54, 1.807) is 12.1 Å². The predicted molar refractivity (Wildman–Crippen MR) is 93.1 cm³/mol. The number of amides is 1. The molecule has 0 aromatic heterocycles. The molecule has 1 aliphatic rings. The molecule has 0 aliphatic carbocycles. The topological polar surface area (TPSA) is 58.4 Å². The van der Waals surface area contributed by atoms with Crippen molar-refractivity contribution in [1.29, 1.82) is 0 Å². The Bertz CT molecular complexity index is 692. The van der Waals surface area contributed by atoms with Crippen LogP contribution in [0.1, 0.15) is 24.4 Å². The van der Waals surface area contributed by atoms with Gasteiger partial charge in [0, 0.05) is 24.8 Å². The molecule has 2 aromatic carbocycles. The van der Waals surface area contributed by atoms with Crippen molar-refractivity contribution in [2.24, 2.45) is 5.73 Å². The lowest BCUT2D eigenvalue weighted by Crippen LogP contribution is -2.49. The molecule has 5 heteroatoms. The highest BCUT2D eigenvalue weighted by Gasteiger charge is 2.26. The number of nitrogens with two attached hydrogens (primary N) is 1. The highest BCUT2D eigenvalue weighted by atomic mass is 19.1. The maximum absolute atomic E-state index is 13.5. The van der Waals surface area contributed by atoms with Gasteiger partial charge in [-0.3, -0.25) is 10.1 Å². The molecule has 1 amide bonds. The van der Waals surface area contributed by atoms with Gasteiger partial charge in [-0.1, -0.05) is 36.4 Å². The predicted octanol–water partition coefficient (Wildman–Crippen LogP) is 2.61. The summed E-state index contributed by atoms with van der Waals surface area (Å²) in [6.07, 6.45) is 1.94. The van der Waals surface area contributed by atoms with Crippen LogP contribution >= 0.6 is 0 Å². The number of hydrogen-bond acceptors (Lipinski definition) is 3. The summed E-state index contributed by atoms with van der Waals surface area (Å²) in [5.74, 6) is -0.619. The molecule has 1 aliphatic heterocycles. The maximum Gasteiger partial charge on any atom is 0.239 e. The molecule has 1 heterocycles. The molecule has 4 nitrogen and oxygen atoms in total. The van der Waals surface area contributed by atoms with E-state index in [4.69, 9.17) is 5.73 Å². The lowest BCUT2D eigenvalue weighted by Gasteiger charge is -2.36. The summed E-state index contributed by atoms with van der Waals surface area (Å²) in [7, 11) is 0. The van der Waals surface area contributed by atoms with Gasteiger partial charge in [0.05, 0.1) is 0 Å². The third-order valence-electron chi connectivity index (χ3n) is 4.41. The van der Waals surface area contributed by atoms with Gasteiger partial charge in [0.15, 0.2) is 0 Å². The van der Waals surface area contributed by atoms with Crippen molar-refractivity contribution in [3.05, 3.63) is 66.0 Å². The zero-order valence-electron chi connectivity index (χ0n) is 13.5. The molecule has 0 saturated carbocycles. The van der Waals surface area contributed by atoms with E-state index in [1.165, 1.54) is 6.07 Å². The molecule has 2 aromatic rings. The first-order valence-electron chi connectivity index (χ1n) is 8.24. The van der Waals surface area contributed by atoms with Crippen LogP contribution in [0.25, 0.3) is 0 Å². The van der Waals surface area contributed by atoms with Gasteiger partial charge in [-0.2, -0.15) is 0 Å². The van der Waals surface area contributed by atoms with Gasteiger partial charge >= 0.3 is 0 Å². The van der Waals surface area contributed by atoms with E-state index < -0.39 is 6.04 Å². The molecule has 0 radical (unpaired) electrons. The first-order valence-corrected chi connectivity index (χ1v) is 8.24. The molecule has 1 saturated heterocycles. The molecule has 0 bridgehead atoms. The number of primary amides is 1. The van der Waals surface area contributed by atoms with Crippen molar-refractivity contribution in [2.75, 3.05) is 18.0 Å².